The number of amides is 4. The molecule has 0 radical (unpaired) electrons. The van der Waals surface area contributed by atoms with E-state index in [0.29, 0.717) is 28.6 Å². The zero-order valence-electron chi connectivity index (χ0n) is 17.0. The number of rotatable bonds is 8. The summed E-state index contributed by atoms with van der Waals surface area (Å²) in [6, 6.07) is 4.41. The standard InChI is InChI=1S/C20H26ClN3O5/c1-12(2)8-9-20(4)18(27)24(19(28)23-20)10-17(26)29-11-16(25)22-15-7-5-6-14(21)13(15)3/h5-7,12H,8-11H2,1-4H3,(H,22,25)(H,23,28)/t20-/m0/s1. The van der Waals surface area contributed by atoms with Crippen molar-refractivity contribution >= 4 is 41.1 Å². The highest BCUT2D eigenvalue weighted by molar-refractivity contribution is 6.31. The predicted octanol–water partition coefficient (Wildman–Crippen LogP) is 2.88. The van der Waals surface area contributed by atoms with Crippen LogP contribution in [-0.2, 0) is 19.1 Å². The molecule has 2 rings (SSSR count). The lowest BCUT2D eigenvalue weighted by Crippen LogP contribution is -2.44. The third kappa shape index (κ3) is 5.69. The zero-order valence-corrected chi connectivity index (χ0v) is 17.8. The monoisotopic (exact) mass is 423 g/mol. The molecular formula is C20H26ClN3O5. The Balaban J connectivity index is 1.87. The number of nitrogens with zero attached hydrogens (tertiary/aromatic N) is 1. The minimum absolute atomic E-state index is 0.372. The number of hydrogen-bond donors (Lipinski definition) is 2. The molecule has 1 aliphatic heterocycles. The maximum absolute atomic E-state index is 12.6. The van der Waals surface area contributed by atoms with Gasteiger partial charge in [0.05, 0.1) is 0 Å². The van der Waals surface area contributed by atoms with E-state index in [9.17, 15) is 19.2 Å². The molecule has 4 amide bonds. The number of esters is 1. The molecule has 0 saturated carbocycles. The highest BCUT2D eigenvalue weighted by Gasteiger charge is 2.48. The van der Waals surface area contributed by atoms with Gasteiger partial charge < -0.3 is 15.4 Å². The third-order valence-electron chi connectivity index (χ3n) is 4.76. The van der Waals surface area contributed by atoms with E-state index in [0.717, 1.165) is 11.3 Å². The zero-order chi connectivity index (χ0) is 21.8. The maximum atomic E-state index is 12.6. The van der Waals surface area contributed by atoms with E-state index >= 15 is 0 Å². The lowest BCUT2D eigenvalue weighted by Gasteiger charge is -2.22. The molecule has 158 valence electrons. The second-order valence-corrected chi connectivity index (χ2v) is 8.11. The van der Waals surface area contributed by atoms with Gasteiger partial charge in [0.15, 0.2) is 6.61 Å². The Kier molecular flexibility index (Phi) is 7.24. The largest absolute Gasteiger partial charge is 0.454 e. The van der Waals surface area contributed by atoms with Crippen molar-refractivity contribution in [3.63, 3.8) is 0 Å². The average Bonchev–Trinajstić information content (AvgIpc) is 2.86. The normalized spacial score (nSPS) is 18.8. The van der Waals surface area contributed by atoms with Crippen molar-refractivity contribution in [2.45, 2.75) is 46.1 Å². The van der Waals surface area contributed by atoms with Crippen LogP contribution in [0.15, 0.2) is 18.2 Å². The van der Waals surface area contributed by atoms with E-state index in [1.54, 1.807) is 32.0 Å². The summed E-state index contributed by atoms with van der Waals surface area (Å²) in [7, 11) is 0. The molecule has 29 heavy (non-hydrogen) atoms. The summed E-state index contributed by atoms with van der Waals surface area (Å²) in [5.41, 5.74) is 0.158. The molecule has 0 unspecified atom stereocenters. The summed E-state index contributed by atoms with van der Waals surface area (Å²) < 4.78 is 4.91. The molecule has 1 saturated heterocycles. The van der Waals surface area contributed by atoms with E-state index in [1.807, 2.05) is 13.8 Å². The van der Waals surface area contributed by atoms with Gasteiger partial charge >= 0.3 is 12.0 Å². The maximum Gasteiger partial charge on any atom is 0.326 e. The van der Waals surface area contributed by atoms with E-state index in [4.69, 9.17) is 16.3 Å². The molecular weight excluding hydrogens is 398 g/mol. The predicted molar refractivity (Wildman–Crippen MR) is 108 cm³/mol. The smallest absolute Gasteiger partial charge is 0.326 e. The number of urea groups is 1. The topological polar surface area (TPSA) is 105 Å². The molecule has 0 aliphatic carbocycles. The third-order valence-corrected chi connectivity index (χ3v) is 5.17. The Morgan fingerprint density at radius 3 is 2.66 bits per heavy atom. The van der Waals surface area contributed by atoms with Crippen LogP contribution in [0, 0.1) is 12.8 Å². The number of benzene rings is 1. The van der Waals surface area contributed by atoms with Gasteiger partial charge in [0.1, 0.15) is 12.1 Å². The van der Waals surface area contributed by atoms with Gasteiger partial charge in [0, 0.05) is 10.7 Å². The molecule has 1 aromatic rings. The van der Waals surface area contributed by atoms with Crippen molar-refractivity contribution in [1.82, 2.24) is 10.2 Å². The number of ether oxygens (including phenoxy) is 1. The van der Waals surface area contributed by atoms with Crippen LogP contribution in [0.1, 0.15) is 39.2 Å². The van der Waals surface area contributed by atoms with Gasteiger partial charge in [-0.25, -0.2) is 4.79 Å². The lowest BCUT2D eigenvalue weighted by molar-refractivity contribution is -0.150. The van der Waals surface area contributed by atoms with E-state index < -0.39 is 42.5 Å². The summed E-state index contributed by atoms with van der Waals surface area (Å²) in [5, 5.41) is 5.73. The number of halogens is 1. The van der Waals surface area contributed by atoms with Crippen molar-refractivity contribution in [2.24, 2.45) is 5.92 Å². The van der Waals surface area contributed by atoms with Crippen LogP contribution < -0.4 is 10.6 Å². The summed E-state index contributed by atoms with van der Waals surface area (Å²) in [4.78, 5) is 49.6. The van der Waals surface area contributed by atoms with Crippen molar-refractivity contribution in [1.29, 1.82) is 0 Å². The average molecular weight is 424 g/mol. The summed E-state index contributed by atoms with van der Waals surface area (Å²) in [6.45, 7) is 6.34. The van der Waals surface area contributed by atoms with Crippen LogP contribution in [0.25, 0.3) is 0 Å². The fourth-order valence-corrected chi connectivity index (χ4v) is 3.06. The highest BCUT2D eigenvalue weighted by Crippen LogP contribution is 2.25. The number of anilines is 1. The van der Waals surface area contributed by atoms with Gasteiger partial charge in [-0.15, -0.1) is 0 Å². The number of hydrogen-bond acceptors (Lipinski definition) is 5. The molecule has 1 aliphatic rings. The first-order valence-corrected chi connectivity index (χ1v) is 9.76. The van der Waals surface area contributed by atoms with Crippen LogP contribution >= 0.6 is 11.6 Å². The molecule has 0 spiro atoms. The van der Waals surface area contributed by atoms with Crippen molar-refractivity contribution < 1.29 is 23.9 Å². The Morgan fingerprint density at radius 2 is 2.00 bits per heavy atom. The molecule has 8 nitrogen and oxygen atoms in total. The van der Waals surface area contributed by atoms with Crippen LogP contribution in [0.2, 0.25) is 5.02 Å². The number of nitrogens with one attached hydrogen (secondary N) is 2. The minimum Gasteiger partial charge on any atom is -0.454 e. The van der Waals surface area contributed by atoms with Crippen LogP contribution in [0.3, 0.4) is 0 Å². The van der Waals surface area contributed by atoms with Gasteiger partial charge in [-0.05, 0) is 50.3 Å². The van der Waals surface area contributed by atoms with Crippen molar-refractivity contribution in [3.8, 4) is 0 Å². The quantitative estimate of drug-likeness (QED) is 0.494. The molecule has 1 heterocycles. The van der Waals surface area contributed by atoms with Gasteiger partial charge in [-0.1, -0.05) is 31.5 Å². The highest BCUT2D eigenvalue weighted by atomic mass is 35.5. The SMILES string of the molecule is Cc1c(Cl)cccc1NC(=O)COC(=O)CN1C(=O)N[C@@](C)(CCC(C)C)C1=O. The molecule has 2 N–H and O–H groups in total. The second kappa shape index (κ2) is 9.26. The molecule has 9 heteroatoms. The fraction of sp³-hybridized carbons (Fsp3) is 0.500. The molecule has 1 atom stereocenters. The number of imide groups is 1. The summed E-state index contributed by atoms with van der Waals surface area (Å²) in [6.07, 6.45) is 1.23. The number of carbonyl (C=O) groups excluding carboxylic acids is 4. The van der Waals surface area contributed by atoms with E-state index in [-0.39, 0.29) is 0 Å². The Bertz CT molecular complexity index is 826. The van der Waals surface area contributed by atoms with E-state index in [1.165, 1.54) is 0 Å². The van der Waals surface area contributed by atoms with Crippen LogP contribution in [-0.4, -0.2) is 47.4 Å². The Morgan fingerprint density at radius 1 is 1.31 bits per heavy atom. The summed E-state index contributed by atoms with van der Waals surface area (Å²) >= 11 is 6.00. The van der Waals surface area contributed by atoms with Gasteiger partial charge in [-0.2, -0.15) is 0 Å². The fourth-order valence-electron chi connectivity index (χ4n) is 2.89. The van der Waals surface area contributed by atoms with Crippen LogP contribution in [0.4, 0.5) is 10.5 Å². The molecule has 0 bridgehead atoms. The van der Waals surface area contributed by atoms with Crippen molar-refractivity contribution in [2.75, 3.05) is 18.5 Å². The summed E-state index contributed by atoms with van der Waals surface area (Å²) in [5.74, 6) is -1.50. The van der Waals surface area contributed by atoms with Crippen molar-refractivity contribution in [3.05, 3.63) is 28.8 Å². The van der Waals surface area contributed by atoms with Gasteiger partial charge in [-0.3, -0.25) is 19.3 Å². The minimum atomic E-state index is -1.04. The first kappa shape index (κ1) is 22.7. The Hall–Kier alpha value is -2.61. The first-order valence-electron chi connectivity index (χ1n) is 9.38. The number of carbonyl (C=O) groups is 4. The van der Waals surface area contributed by atoms with E-state index in [2.05, 4.69) is 10.6 Å². The Labute approximate surface area is 174 Å². The molecule has 0 aromatic heterocycles. The van der Waals surface area contributed by atoms with Gasteiger partial charge in [0.2, 0.25) is 0 Å². The first-order chi connectivity index (χ1) is 13.5. The van der Waals surface area contributed by atoms with Gasteiger partial charge in [0.25, 0.3) is 11.8 Å². The van der Waals surface area contributed by atoms with Crippen LogP contribution in [0.5, 0.6) is 0 Å². The molecule has 1 aromatic carbocycles. The second-order valence-electron chi connectivity index (χ2n) is 7.71. The lowest BCUT2D eigenvalue weighted by atomic mass is 9.92. The molecule has 1 fully saturated rings.